The van der Waals surface area contributed by atoms with Crippen LogP contribution < -0.4 is 10.5 Å². The highest BCUT2D eigenvalue weighted by Gasteiger charge is 2.29. The molecule has 1 unspecified atom stereocenters. The van der Waals surface area contributed by atoms with Gasteiger partial charge in [0.15, 0.2) is 0 Å². The standard InChI is InChI=1S/C17H21NO3/c1-17(2,16(19)20)10-15(18)13-5-4-12-9-14(21-3)7-6-11(12)8-13/h4-9,15H,10,18H2,1-3H3,(H,19,20). The van der Waals surface area contributed by atoms with Crippen LogP contribution in [0.4, 0.5) is 0 Å². The summed E-state index contributed by atoms with van der Waals surface area (Å²) in [6.07, 6.45) is 0.393. The lowest BCUT2D eigenvalue weighted by molar-refractivity contribution is -0.147. The second-order valence-electron chi connectivity index (χ2n) is 5.97. The van der Waals surface area contributed by atoms with E-state index in [0.29, 0.717) is 6.42 Å². The zero-order valence-corrected chi connectivity index (χ0v) is 12.6. The number of carbonyl (C=O) groups is 1. The van der Waals surface area contributed by atoms with Gasteiger partial charge in [0, 0.05) is 6.04 Å². The Labute approximate surface area is 124 Å². The van der Waals surface area contributed by atoms with Crippen molar-refractivity contribution in [3.63, 3.8) is 0 Å². The number of carboxylic acids is 1. The minimum Gasteiger partial charge on any atom is -0.497 e. The van der Waals surface area contributed by atoms with E-state index in [0.717, 1.165) is 22.1 Å². The van der Waals surface area contributed by atoms with Crippen LogP contribution in [0.2, 0.25) is 0 Å². The Hall–Kier alpha value is -2.07. The van der Waals surface area contributed by atoms with Gasteiger partial charge in [-0.25, -0.2) is 0 Å². The summed E-state index contributed by atoms with van der Waals surface area (Å²) in [5.41, 5.74) is 6.29. The fourth-order valence-corrected chi connectivity index (χ4v) is 2.35. The number of fused-ring (bicyclic) bond motifs is 1. The monoisotopic (exact) mass is 287 g/mol. The molecule has 0 amide bonds. The molecule has 0 spiro atoms. The van der Waals surface area contributed by atoms with Crippen molar-refractivity contribution in [1.29, 1.82) is 0 Å². The topological polar surface area (TPSA) is 72.5 Å². The Kier molecular flexibility index (Phi) is 4.19. The fraction of sp³-hybridized carbons (Fsp3) is 0.353. The van der Waals surface area contributed by atoms with E-state index in [2.05, 4.69) is 0 Å². The van der Waals surface area contributed by atoms with E-state index in [1.54, 1.807) is 21.0 Å². The van der Waals surface area contributed by atoms with E-state index in [9.17, 15) is 9.90 Å². The van der Waals surface area contributed by atoms with Gasteiger partial charge in [-0.2, -0.15) is 0 Å². The molecule has 0 saturated heterocycles. The number of aliphatic carboxylic acids is 1. The average molecular weight is 287 g/mol. The normalized spacial score (nSPS) is 13.1. The zero-order valence-electron chi connectivity index (χ0n) is 12.6. The number of benzene rings is 2. The van der Waals surface area contributed by atoms with Crippen molar-refractivity contribution < 1.29 is 14.6 Å². The van der Waals surface area contributed by atoms with Crippen LogP contribution in [0.15, 0.2) is 36.4 Å². The van der Waals surface area contributed by atoms with Crippen molar-refractivity contribution >= 4 is 16.7 Å². The van der Waals surface area contributed by atoms with E-state index in [1.807, 2.05) is 36.4 Å². The molecule has 2 rings (SSSR count). The Morgan fingerprint density at radius 2 is 1.86 bits per heavy atom. The van der Waals surface area contributed by atoms with Crippen LogP contribution in [0.5, 0.6) is 5.75 Å². The first-order chi connectivity index (χ1) is 9.83. The van der Waals surface area contributed by atoms with Gasteiger partial charge in [-0.15, -0.1) is 0 Å². The maximum atomic E-state index is 11.2. The van der Waals surface area contributed by atoms with Gasteiger partial charge >= 0.3 is 5.97 Å². The first-order valence-corrected chi connectivity index (χ1v) is 6.90. The molecule has 0 aromatic heterocycles. The summed E-state index contributed by atoms with van der Waals surface area (Å²) < 4.78 is 5.20. The molecule has 4 heteroatoms. The lowest BCUT2D eigenvalue weighted by atomic mass is 9.83. The quantitative estimate of drug-likeness (QED) is 0.884. The highest BCUT2D eigenvalue weighted by atomic mass is 16.5. The van der Waals surface area contributed by atoms with Crippen molar-refractivity contribution in [2.45, 2.75) is 26.3 Å². The smallest absolute Gasteiger partial charge is 0.309 e. The van der Waals surface area contributed by atoms with Gasteiger partial charge in [0.1, 0.15) is 5.75 Å². The molecule has 0 saturated carbocycles. The summed E-state index contributed by atoms with van der Waals surface area (Å²) in [5, 5.41) is 11.3. The van der Waals surface area contributed by atoms with E-state index < -0.39 is 11.4 Å². The van der Waals surface area contributed by atoms with E-state index >= 15 is 0 Å². The van der Waals surface area contributed by atoms with Gasteiger partial charge in [-0.3, -0.25) is 4.79 Å². The summed E-state index contributed by atoms with van der Waals surface area (Å²) >= 11 is 0. The molecule has 0 fully saturated rings. The molecular weight excluding hydrogens is 266 g/mol. The molecule has 3 N–H and O–H groups in total. The lowest BCUT2D eigenvalue weighted by Gasteiger charge is -2.23. The Morgan fingerprint density at radius 1 is 1.24 bits per heavy atom. The van der Waals surface area contributed by atoms with Gasteiger partial charge < -0.3 is 15.6 Å². The predicted molar refractivity (Wildman–Crippen MR) is 83.5 cm³/mol. The van der Waals surface area contributed by atoms with E-state index in [-0.39, 0.29) is 6.04 Å². The minimum atomic E-state index is -0.839. The number of nitrogens with two attached hydrogens (primary N) is 1. The van der Waals surface area contributed by atoms with Crippen LogP contribution in [0.1, 0.15) is 31.9 Å². The number of hydrogen-bond donors (Lipinski definition) is 2. The first kappa shape index (κ1) is 15.3. The van der Waals surface area contributed by atoms with Crippen LogP contribution >= 0.6 is 0 Å². The van der Waals surface area contributed by atoms with Crippen molar-refractivity contribution in [3.05, 3.63) is 42.0 Å². The third kappa shape index (κ3) is 3.34. The molecule has 1 atom stereocenters. The Balaban J connectivity index is 2.28. The summed E-state index contributed by atoms with van der Waals surface area (Å²) in [5.74, 6) is -0.0185. The summed E-state index contributed by atoms with van der Waals surface area (Å²) in [4.78, 5) is 11.2. The summed E-state index contributed by atoms with van der Waals surface area (Å²) in [6, 6.07) is 11.5. The molecule has 4 nitrogen and oxygen atoms in total. The Morgan fingerprint density at radius 3 is 2.48 bits per heavy atom. The average Bonchev–Trinajstić information content (AvgIpc) is 2.45. The SMILES string of the molecule is COc1ccc2cc(C(N)CC(C)(C)C(=O)O)ccc2c1. The lowest BCUT2D eigenvalue weighted by Crippen LogP contribution is -2.28. The molecule has 0 aliphatic heterocycles. The second kappa shape index (κ2) is 5.74. The molecule has 2 aromatic rings. The Bertz CT molecular complexity index is 664. The van der Waals surface area contributed by atoms with Crippen molar-refractivity contribution in [3.8, 4) is 5.75 Å². The van der Waals surface area contributed by atoms with Crippen molar-refractivity contribution in [1.82, 2.24) is 0 Å². The van der Waals surface area contributed by atoms with E-state index in [1.165, 1.54) is 0 Å². The number of ether oxygens (including phenoxy) is 1. The second-order valence-corrected chi connectivity index (χ2v) is 5.97. The van der Waals surface area contributed by atoms with E-state index in [4.69, 9.17) is 10.5 Å². The van der Waals surface area contributed by atoms with Crippen LogP contribution in [0.25, 0.3) is 10.8 Å². The third-order valence-corrected chi connectivity index (χ3v) is 3.81. The van der Waals surface area contributed by atoms with Crippen molar-refractivity contribution in [2.24, 2.45) is 11.1 Å². The summed E-state index contributed by atoms with van der Waals surface area (Å²) in [7, 11) is 1.64. The molecule has 0 radical (unpaired) electrons. The van der Waals surface area contributed by atoms with Gasteiger partial charge in [-0.1, -0.05) is 18.2 Å². The van der Waals surface area contributed by atoms with Crippen LogP contribution in [-0.2, 0) is 4.79 Å². The molecule has 0 aliphatic carbocycles. The molecular formula is C17H21NO3. The fourth-order valence-electron chi connectivity index (χ4n) is 2.35. The predicted octanol–water partition coefficient (Wildman–Crippen LogP) is 3.35. The molecule has 0 bridgehead atoms. The number of carboxylic acid groups (broad SMARTS) is 1. The number of rotatable bonds is 5. The van der Waals surface area contributed by atoms with Crippen LogP contribution in [-0.4, -0.2) is 18.2 Å². The largest absolute Gasteiger partial charge is 0.497 e. The van der Waals surface area contributed by atoms with Gasteiger partial charge in [-0.05, 0) is 54.8 Å². The number of methoxy groups -OCH3 is 1. The minimum absolute atomic E-state index is 0.303. The van der Waals surface area contributed by atoms with Gasteiger partial charge in [0.05, 0.1) is 12.5 Å². The van der Waals surface area contributed by atoms with Gasteiger partial charge in [0.25, 0.3) is 0 Å². The first-order valence-electron chi connectivity index (χ1n) is 6.90. The maximum Gasteiger partial charge on any atom is 0.309 e. The molecule has 0 heterocycles. The zero-order chi connectivity index (χ0) is 15.6. The highest BCUT2D eigenvalue weighted by molar-refractivity contribution is 5.84. The molecule has 0 aliphatic rings. The maximum absolute atomic E-state index is 11.2. The van der Waals surface area contributed by atoms with Crippen LogP contribution in [0, 0.1) is 5.41 Å². The number of hydrogen-bond acceptors (Lipinski definition) is 3. The molecule has 21 heavy (non-hydrogen) atoms. The van der Waals surface area contributed by atoms with Crippen molar-refractivity contribution in [2.75, 3.05) is 7.11 Å². The molecule has 112 valence electrons. The highest BCUT2D eigenvalue weighted by Crippen LogP contribution is 2.30. The van der Waals surface area contributed by atoms with Crippen LogP contribution in [0.3, 0.4) is 0 Å². The third-order valence-electron chi connectivity index (χ3n) is 3.81. The molecule has 2 aromatic carbocycles. The van der Waals surface area contributed by atoms with Gasteiger partial charge in [0.2, 0.25) is 0 Å². The summed E-state index contributed by atoms with van der Waals surface area (Å²) in [6.45, 7) is 3.39.